The zero-order valence-electron chi connectivity index (χ0n) is 16.5. The van der Waals surface area contributed by atoms with Crippen molar-refractivity contribution in [2.45, 2.75) is 114 Å². The van der Waals surface area contributed by atoms with Crippen LogP contribution in [0.25, 0.3) is 0 Å². The van der Waals surface area contributed by atoms with E-state index in [0.717, 1.165) is 0 Å². The first-order valence-electron chi connectivity index (χ1n) is 9.94. The predicted molar refractivity (Wildman–Crippen MR) is 137 cm³/mol. The summed E-state index contributed by atoms with van der Waals surface area (Å²) in [6.45, 7) is 9.58. The molecule has 0 aliphatic rings. The lowest BCUT2D eigenvalue weighted by atomic mass is 10.0. The zero-order valence-corrected chi connectivity index (χ0v) is 22.4. The summed E-state index contributed by atoms with van der Waals surface area (Å²) in [5, 5.41) is 0. The van der Waals surface area contributed by atoms with Crippen molar-refractivity contribution < 1.29 is 0 Å². The van der Waals surface area contributed by atoms with E-state index in [1.165, 1.54) is 85.9 Å². The Balaban J connectivity index is 4.17. The Morgan fingerprint density at radius 1 is 0.583 bits per heavy atom. The van der Waals surface area contributed by atoms with E-state index in [1.54, 1.807) is 0 Å². The molecule has 0 amide bonds. The highest BCUT2D eigenvalue weighted by Crippen LogP contribution is 2.49. The lowest BCUT2D eigenvalue weighted by Crippen LogP contribution is -2.26. The Bertz CT molecular complexity index is 261. The molecule has 0 rings (SSSR count). The fourth-order valence-electron chi connectivity index (χ4n) is 2.67. The van der Waals surface area contributed by atoms with E-state index in [0.29, 0.717) is 9.49 Å². The van der Waals surface area contributed by atoms with E-state index in [2.05, 4.69) is 94.5 Å². The van der Waals surface area contributed by atoms with Crippen LogP contribution in [-0.2, 0) is 0 Å². The van der Waals surface area contributed by atoms with Gasteiger partial charge in [0.1, 0.15) is 0 Å². The van der Waals surface area contributed by atoms with E-state index in [9.17, 15) is 0 Å². The monoisotopic (exact) mass is 598 g/mol. The van der Waals surface area contributed by atoms with Gasteiger partial charge in [0.25, 0.3) is 0 Å². The van der Waals surface area contributed by atoms with Gasteiger partial charge in [-0.25, -0.2) is 0 Å². The molecule has 0 bridgehead atoms. The van der Waals surface area contributed by atoms with E-state index in [-0.39, 0.29) is 0 Å². The van der Waals surface area contributed by atoms with Crippen molar-refractivity contribution >= 4 is 66.8 Å². The van der Waals surface area contributed by atoms with Crippen LogP contribution in [0.15, 0.2) is 0 Å². The molecule has 0 aromatic rings. The van der Waals surface area contributed by atoms with Crippen molar-refractivity contribution in [1.82, 2.24) is 0 Å². The third-order valence-corrected chi connectivity index (χ3v) is 13.3. The SMILES string of the molecule is CCCCCCCC(C)(CI)SSC(C)(CI)CCCCCCC. The summed E-state index contributed by atoms with van der Waals surface area (Å²) >= 11 is 5.21. The van der Waals surface area contributed by atoms with Crippen LogP contribution in [0.4, 0.5) is 0 Å². The van der Waals surface area contributed by atoms with Crippen molar-refractivity contribution in [3.05, 3.63) is 0 Å². The van der Waals surface area contributed by atoms with Crippen molar-refractivity contribution in [3.8, 4) is 0 Å². The topological polar surface area (TPSA) is 0 Å². The minimum Gasteiger partial charge on any atom is -0.0862 e. The van der Waals surface area contributed by atoms with E-state index < -0.39 is 0 Å². The smallest absolute Gasteiger partial charge is 0.0325 e. The molecular weight excluding hydrogens is 558 g/mol. The molecule has 0 saturated carbocycles. The standard InChI is InChI=1S/C20H40I2S2/c1-5-7-9-11-13-15-19(3,17-21)23-24-20(4,18-22)16-14-12-10-8-6-2/h5-18H2,1-4H3. The average molecular weight is 598 g/mol. The molecule has 0 aliphatic heterocycles. The Morgan fingerprint density at radius 3 is 1.21 bits per heavy atom. The summed E-state index contributed by atoms with van der Waals surface area (Å²) < 4.78 is 3.44. The molecule has 4 heteroatoms. The fourth-order valence-corrected chi connectivity index (χ4v) is 8.64. The zero-order chi connectivity index (χ0) is 18.3. The number of halogens is 2. The van der Waals surface area contributed by atoms with Crippen molar-refractivity contribution in [2.75, 3.05) is 8.86 Å². The number of hydrogen-bond donors (Lipinski definition) is 0. The quantitative estimate of drug-likeness (QED) is 0.0708. The summed E-state index contributed by atoms with van der Waals surface area (Å²) in [6.07, 6.45) is 16.8. The first-order chi connectivity index (χ1) is 11.4. The molecule has 0 aromatic carbocycles. The summed E-state index contributed by atoms with van der Waals surface area (Å²) in [5.74, 6) is 0. The average Bonchev–Trinajstić information content (AvgIpc) is 2.60. The maximum Gasteiger partial charge on any atom is 0.0325 e. The Kier molecular flexibility index (Phi) is 17.6. The van der Waals surface area contributed by atoms with Crippen LogP contribution in [0.5, 0.6) is 0 Å². The van der Waals surface area contributed by atoms with Crippen LogP contribution in [0.3, 0.4) is 0 Å². The highest BCUT2D eigenvalue weighted by Gasteiger charge is 2.30. The second-order valence-corrected chi connectivity index (χ2v) is 12.5. The first kappa shape index (κ1) is 26.2. The van der Waals surface area contributed by atoms with Crippen LogP contribution >= 0.6 is 66.8 Å². The summed E-state index contributed by atoms with van der Waals surface area (Å²) in [4.78, 5) is 0. The Hall–Kier alpha value is 2.16. The molecular formula is C20H40I2S2. The molecule has 2 atom stereocenters. The van der Waals surface area contributed by atoms with Gasteiger partial charge in [0.05, 0.1) is 0 Å². The molecule has 0 spiro atoms. The van der Waals surface area contributed by atoms with E-state index >= 15 is 0 Å². The lowest BCUT2D eigenvalue weighted by Gasteiger charge is -2.33. The molecule has 0 saturated heterocycles. The lowest BCUT2D eigenvalue weighted by molar-refractivity contribution is 0.555. The maximum absolute atomic E-state index is 2.61. The van der Waals surface area contributed by atoms with Crippen LogP contribution in [0.1, 0.15) is 105 Å². The molecule has 0 aromatic heterocycles. The molecule has 0 heterocycles. The van der Waals surface area contributed by atoms with Crippen molar-refractivity contribution in [3.63, 3.8) is 0 Å². The molecule has 146 valence electrons. The largest absolute Gasteiger partial charge is 0.0862 e. The summed E-state index contributed by atoms with van der Waals surface area (Å²) in [5.41, 5.74) is 0. The number of unbranched alkanes of at least 4 members (excludes halogenated alkanes) is 8. The van der Waals surface area contributed by atoms with Crippen molar-refractivity contribution in [1.29, 1.82) is 0 Å². The molecule has 24 heavy (non-hydrogen) atoms. The van der Waals surface area contributed by atoms with Crippen LogP contribution in [-0.4, -0.2) is 18.3 Å². The molecule has 0 nitrogen and oxygen atoms in total. The minimum atomic E-state index is 0.451. The maximum atomic E-state index is 2.61. The highest BCUT2D eigenvalue weighted by molar-refractivity contribution is 14.1. The van der Waals surface area contributed by atoms with Gasteiger partial charge in [-0.3, -0.25) is 0 Å². The van der Waals surface area contributed by atoms with Crippen molar-refractivity contribution in [2.24, 2.45) is 0 Å². The molecule has 0 fully saturated rings. The van der Waals surface area contributed by atoms with Gasteiger partial charge in [-0.2, -0.15) is 0 Å². The van der Waals surface area contributed by atoms with Gasteiger partial charge in [0.2, 0.25) is 0 Å². The molecule has 0 radical (unpaired) electrons. The third-order valence-electron chi connectivity index (χ3n) is 4.63. The minimum absolute atomic E-state index is 0.451. The number of hydrogen-bond acceptors (Lipinski definition) is 2. The van der Waals surface area contributed by atoms with Gasteiger partial charge >= 0.3 is 0 Å². The second-order valence-electron chi connectivity index (χ2n) is 7.66. The van der Waals surface area contributed by atoms with Gasteiger partial charge in [-0.15, -0.1) is 0 Å². The van der Waals surface area contributed by atoms with E-state index in [1.807, 2.05) is 0 Å². The van der Waals surface area contributed by atoms with Crippen LogP contribution < -0.4 is 0 Å². The van der Waals surface area contributed by atoms with Crippen LogP contribution in [0.2, 0.25) is 0 Å². The van der Waals surface area contributed by atoms with Gasteiger partial charge in [-0.05, 0) is 26.7 Å². The highest BCUT2D eigenvalue weighted by atomic mass is 127. The normalized spacial score (nSPS) is 16.8. The predicted octanol–water partition coefficient (Wildman–Crippen LogP) is 9.48. The number of rotatable bonds is 17. The molecule has 2 unspecified atom stereocenters. The molecule has 0 aliphatic carbocycles. The van der Waals surface area contributed by atoms with Gasteiger partial charge in [0.15, 0.2) is 0 Å². The molecule has 0 N–H and O–H groups in total. The Labute approximate surface area is 188 Å². The summed E-state index contributed by atoms with van der Waals surface area (Å²) in [7, 11) is 4.38. The van der Waals surface area contributed by atoms with Gasteiger partial charge in [0, 0.05) is 18.3 Å². The van der Waals surface area contributed by atoms with Crippen LogP contribution in [0, 0.1) is 0 Å². The third kappa shape index (κ3) is 13.3. The van der Waals surface area contributed by atoms with Gasteiger partial charge < -0.3 is 0 Å². The second kappa shape index (κ2) is 16.1. The summed E-state index contributed by atoms with van der Waals surface area (Å²) in [6, 6.07) is 0. The van der Waals surface area contributed by atoms with Gasteiger partial charge in [-0.1, -0.05) is 145 Å². The fraction of sp³-hybridized carbons (Fsp3) is 1.00. The number of alkyl halides is 2. The Morgan fingerprint density at radius 2 is 0.917 bits per heavy atom. The first-order valence-corrected chi connectivity index (χ1v) is 15.1. The van der Waals surface area contributed by atoms with E-state index in [4.69, 9.17) is 0 Å².